The van der Waals surface area contributed by atoms with E-state index in [0.29, 0.717) is 31.2 Å². The van der Waals surface area contributed by atoms with Crippen LogP contribution in [0.4, 0.5) is 11.4 Å². The average Bonchev–Trinajstić information content (AvgIpc) is 3.12. The third-order valence-corrected chi connectivity index (χ3v) is 6.04. The summed E-state index contributed by atoms with van der Waals surface area (Å²) in [4.78, 5) is 28.8. The maximum atomic E-state index is 12.6. The van der Waals surface area contributed by atoms with E-state index in [1.807, 2.05) is 18.2 Å². The second-order valence-electron chi connectivity index (χ2n) is 8.08. The first-order chi connectivity index (χ1) is 14.0. The molecular formula is C23H29N3O3. The SMILES string of the molecule is C[C@@H]1CCCN1CCCOc1ccc2c(c1)CCC(=O)N2c1ccn(C)c(=O)c1. The fourth-order valence-corrected chi connectivity index (χ4v) is 4.30. The van der Waals surface area contributed by atoms with Crippen molar-refractivity contribution in [1.29, 1.82) is 0 Å². The Kier molecular flexibility index (Phi) is 5.72. The number of hydrogen-bond acceptors (Lipinski definition) is 4. The predicted octanol–water partition coefficient (Wildman–Crippen LogP) is 3.25. The number of pyridine rings is 1. The van der Waals surface area contributed by atoms with E-state index in [9.17, 15) is 9.59 Å². The molecule has 0 unspecified atom stereocenters. The first-order valence-corrected chi connectivity index (χ1v) is 10.5. The molecule has 0 N–H and O–H groups in total. The van der Waals surface area contributed by atoms with E-state index in [4.69, 9.17) is 4.74 Å². The van der Waals surface area contributed by atoms with Crippen LogP contribution in [0.5, 0.6) is 5.75 Å². The molecule has 29 heavy (non-hydrogen) atoms. The molecule has 1 saturated heterocycles. The smallest absolute Gasteiger partial charge is 0.252 e. The highest BCUT2D eigenvalue weighted by Crippen LogP contribution is 2.35. The highest BCUT2D eigenvalue weighted by atomic mass is 16.5. The Morgan fingerprint density at radius 3 is 2.76 bits per heavy atom. The van der Waals surface area contributed by atoms with Gasteiger partial charge in [0.1, 0.15) is 5.75 Å². The normalized spacial score (nSPS) is 19.4. The quantitative estimate of drug-likeness (QED) is 0.705. The van der Waals surface area contributed by atoms with Crippen molar-refractivity contribution >= 4 is 17.3 Å². The summed E-state index contributed by atoms with van der Waals surface area (Å²) in [5.74, 6) is 0.857. The van der Waals surface area contributed by atoms with Gasteiger partial charge in [0, 0.05) is 38.3 Å². The van der Waals surface area contributed by atoms with Crippen LogP contribution in [0.2, 0.25) is 0 Å². The van der Waals surface area contributed by atoms with E-state index in [0.717, 1.165) is 30.0 Å². The Morgan fingerprint density at radius 1 is 1.14 bits per heavy atom. The summed E-state index contributed by atoms with van der Waals surface area (Å²) in [5.41, 5.74) is 2.41. The largest absolute Gasteiger partial charge is 0.494 e. The minimum Gasteiger partial charge on any atom is -0.494 e. The van der Waals surface area contributed by atoms with Crippen molar-refractivity contribution in [2.24, 2.45) is 7.05 Å². The van der Waals surface area contributed by atoms with Crippen LogP contribution in [-0.4, -0.2) is 41.1 Å². The summed E-state index contributed by atoms with van der Waals surface area (Å²) >= 11 is 0. The standard InChI is InChI=1S/C23H29N3O3/c1-17-5-3-11-25(17)12-4-14-29-20-7-8-21-18(15-20)6-9-22(27)26(21)19-10-13-24(2)23(28)16-19/h7-8,10,13,15-17H,3-6,9,11-12,14H2,1-2H3/t17-/m1/s1. The second-order valence-corrected chi connectivity index (χ2v) is 8.08. The van der Waals surface area contributed by atoms with Crippen molar-refractivity contribution in [2.75, 3.05) is 24.6 Å². The Balaban J connectivity index is 1.44. The number of carbonyl (C=O) groups is 1. The first-order valence-electron chi connectivity index (χ1n) is 10.5. The van der Waals surface area contributed by atoms with Gasteiger partial charge in [-0.3, -0.25) is 14.5 Å². The molecule has 6 heteroatoms. The highest BCUT2D eigenvalue weighted by Gasteiger charge is 2.26. The van der Waals surface area contributed by atoms with Crippen LogP contribution in [-0.2, 0) is 18.3 Å². The molecule has 6 nitrogen and oxygen atoms in total. The van der Waals surface area contributed by atoms with Crippen LogP contribution in [0.15, 0.2) is 41.3 Å². The molecule has 0 saturated carbocycles. The topological polar surface area (TPSA) is 54.8 Å². The van der Waals surface area contributed by atoms with Crippen LogP contribution >= 0.6 is 0 Å². The maximum Gasteiger partial charge on any atom is 0.252 e. The molecule has 3 heterocycles. The van der Waals surface area contributed by atoms with Crippen molar-refractivity contribution in [1.82, 2.24) is 9.47 Å². The number of carbonyl (C=O) groups excluding carboxylic acids is 1. The lowest BCUT2D eigenvalue weighted by atomic mass is 10.00. The number of amides is 1. The van der Waals surface area contributed by atoms with Gasteiger partial charge in [-0.15, -0.1) is 0 Å². The number of likely N-dealkylation sites (tertiary alicyclic amines) is 1. The molecule has 0 bridgehead atoms. The van der Waals surface area contributed by atoms with E-state index >= 15 is 0 Å². The van der Waals surface area contributed by atoms with E-state index in [1.165, 1.54) is 30.0 Å². The molecule has 1 amide bonds. The fourth-order valence-electron chi connectivity index (χ4n) is 4.30. The average molecular weight is 396 g/mol. The van der Waals surface area contributed by atoms with Crippen LogP contribution in [0, 0.1) is 0 Å². The van der Waals surface area contributed by atoms with Gasteiger partial charge >= 0.3 is 0 Å². The summed E-state index contributed by atoms with van der Waals surface area (Å²) in [6.45, 7) is 5.27. The first kappa shape index (κ1) is 19.7. The van der Waals surface area contributed by atoms with Gasteiger partial charge in [0.2, 0.25) is 5.91 Å². The highest BCUT2D eigenvalue weighted by molar-refractivity contribution is 6.03. The third kappa shape index (κ3) is 4.22. The van der Waals surface area contributed by atoms with E-state index in [1.54, 1.807) is 24.2 Å². The van der Waals surface area contributed by atoms with Gasteiger partial charge in [-0.1, -0.05) is 0 Å². The number of ether oxygens (including phenoxy) is 1. The number of aromatic nitrogens is 1. The number of aryl methyl sites for hydroxylation is 2. The van der Waals surface area contributed by atoms with Crippen LogP contribution in [0.1, 0.15) is 38.2 Å². The molecule has 0 radical (unpaired) electrons. The molecule has 2 aliphatic rings. The molecule has 1 aromatic heterocycles. The van der Waals surface area contributed by atoms with E-state index in [-0.39, 0.29) is 11.5 Å². The molecule has 2 aliphatic heterocycles. The number of benzene rings is 1. The Bertz CT molecular complexity index is 953. The zero-order valence-electron chi connectivity index (χ0n) is 17.3. The van der Waals surface area contributed by atoms with Crippen LogP contribution in [0.3, 0.4) is 0 Å². The van der Waals surface area contributed by atoms with Crippen molar-refractivity contribution in [3.05, 3.63) is 52.4 Å². The predicted molar refractivity (Wildman–Crippen MR) is 114 cm³/mol. The lowest BCUT2D eigenvalue weighted by molar-refractivity contribution is -0.118. The van der Waals surface area contributed by atoms with E-state index < -0.39 is 0 Å². The Hall–Kier alpha value is -2.60. The number of fused-ring (bicyclic) bond motifs is 1. The van der Waals surface area contributed by atoms with E-state index in [2.05, 4.69) is 11.8 Å². The minimum atomic E-state index is -0.130. The second kappa shape index (κ2) is 8.41. The molecule has 2 aromatic rings. The zero-order chi connectivity index (χ0) is 20.4. The molecular weight excluding hydrogens is 366 g/mol. The molecule has 4 rings (SSSR count). The molecule has 1 atom stereocenters. The number of hydrogen-bond donors (Lipinski definition) is 0. The molecule has 154 valence electrons. The van der Waals surface area contributed by atoms with Crippen molar-refractivity contribution in [3.63, 3.8) is 0 Å². The monoisotopic (exact) mass is 395 g/mol. The van der Waals surface area contributed by atoms with Gasteiger partial charge in [-0.05, 0) is 69.0 Å². The number of anilines is 2. The molecule has 1 fully saturated rings. The van der Waals surface area contributed by atoms with Gasteiger partial charge in [-0.2, -0.15) is 0 Å². The van der Waals surface area contributed by atoms with Crippen molar-refractivity contribution in [3.8, 4) is 5.75 Å². The molecule has 0 spiro atoms. The summed E-state index contributed by atoms with van der Waals surface area (Å²) in [5, 5.41) is 0. The summed E-state index contributed by atoms with van der Waals surface area (Å²) in [6, 6.07) is 9.90. The van der Waals surface area contributed by atoms with Gasteiger partial charge < -0.3 is 14.2 Å². The van der Waals surface area contributed by atoms with Crippen molar-refractivity contribution in [2.45, 2.75) is 45.1 Å². The minimum absolute atomic E-state index is 0.0131. The van der Waals surface area contributed by atoms with Gasteiger partial charge in [-0.25, -0.2) is 0 Å². The lowest BCUT2D eigenvalue weighted by Gasteiger charge is -2.29. The number of nitrogens with zero attached hydrogens (tertiary/aromatic N) is 3. The Labute approximate surface area is 171 Å². The fraction of sp³-hybridized carbons (Fsp3) is 0.478. The third-order valence-electron chi connectivity index (χ3n) is 6.04. The Morgan fingerprint density at radius 2 is 2.00 bits per heavy atom. The van der Waals surface area contributed by atoms with Crippen LogP contribution in [0.25, 0.3) is 0 Å². The molecule has 1 aromatic carbocycles. The lowest BCUT2D eigenvalue weighted by Crippen LogP contribution is -2.32. The summed E-state index contributed by atoms with van der Waals surface area (Å²) in [6.07, 6.45) is 6.43. The van der Waals surface area contributed by atoms with Gasteiger partial charge in [0.25, 0.3) is 5.56 Å². The van der Waals surface area contributed by atoms with Gasteiger partial charge in [0.15, 0.2) is 0 Å². The number of rotatable bonds is 6. The molecule has 0 aliphatic carbocycles. The van der Waals surface area contributed by atoms with Gasteiger partial charge in [0.05, 0.1) is 18.0 Å². The van der Waals surface area contributed by atoms with Crippen molar-refractivity contribution < 1.29 is 9.53 Å². The summed E-state index contributed by atoms with van der Waals surface area (Å²) in [7, 11) is 1.70. The maximum absolute atomic E-state index is 12.6. The summed E-state index contributed by atoms with van der Waals surface area (Å²) < 4.78 is 7.49. The van der Waals surface area contributed by atoms with Crippen LogP contribution < -0.4 is 15.2 Å². The zero-order valence-corrected chi connectivity index (χ0v) is 17.3.